The van der Waals surface area contributed by atoms with Crippen LogP contribution in [0.3, 0.4) is 0 Å². The minimum atomic E-state index is 0.116. The number of nitrogens with zero attached hydrogens (tertiary/aromatic N) is 1. The first-order valence-corrected chi connectivity index (χ1v) is 6.63. The van der Waals surface area contributed by atoms with Gasteiger partial charge in [0.05, 0.1) is 18.1 Å². The topological polar surface area (TPSA) is 43.7 Å². The predicted octanol–water partition coefficient (Wildman–Crippen LogP) is 1.30. The van der Waals surface area contributed by atoms with Crippen LogP contribution in [0.5, 0.6) is 0 Å². The fourth-order valence-corrected chi connectivity index (χ4v) is 2.37. The zero-order valence-corrected chi connectivity index (χ0v) is 11.0. The van der Waals surface area contributed by atoms with Crippen LogP contribution in [0, 0.1) is 11.8 Å². The summed E-state index contributed by atoms with van der Waals surface area (Å²) in [5.74, 6) is 5.94. The third kappa shape index (κ3) is 5.33. The fourth-order valence-electron chi connectivity index (χ4n) is 1.45. The van der Waals surface area contributed by atoms with E-state index in [1.165, 1.54) is 4.88 Å². The molecule has 0 aliphatic heterocycles. The summed E-state index contributed by atoms with van der Waals surface area (Å²) in [5.41, 5.74) is 0. The molecule has 0 unspecified atom stereocenters. The SMILES string of the molecule is CCN(CCO)Cc1ccc(C#CCCO)s1. The summed E-state index contributed by atoms with van der Waals surface area (Å²) in [4.78, 5) is 4.48. The highest BCUT2D eigenvalue weighted by Crippen LogP contribution is 2.17. The molecule has 1 heterocycles. The minimum absolute atomic E-state index is 0.116. The van der Waals surface area contributed by atoms with Gasteiger partial charge in [0.2, 0.25) is 0 Å². The van der Waals surface area contributed by atoms with Gasteiger partial charge < -0.3 is 10.2 Å². The van der Waals surface area contributed by atoms with Gasteiger partial charge in [-0.05, 0) is 18.7 Å². The van der Waals surface area contributed by atoms with Crippen molar-refractivity contribution in [1.29, 1.82) is 0 Å². The van der Waals surface area contributed by atoms with Gasteiger partial charge in [0, 0.05) is 24.4 Å². The quantitative estimate of drug-likeness (QED) is 0.751. The van der Waals surface area contributed by atoms with Crippen LogP contribution >= 0.6 is 11.3 Å². The summed E-state index contributed by atoms with van der Waals surface area (Å²) < 4.78 is 0. The second-order valence-corrected chi connectivity index (χ2v) is 4.80. The molecule has 1 aromatic rings. The van der Waals surface area contributed by atoms with Crippen LogP contribution in [0.15, 0.2) is 12.1 Å². The molecule has 17 heavy (non-hydrogen) atoms. The van der Waals surface area contributed by atoms with Crippen LogP contribution in [0.25, 0.3) is 0 Å². The van der Waals surface area contributed by atoms with Gasteiger partial charge in [0.1, 0.15) is 0 Å². The van der Waals surface area contributed by atoms with E-state index in [2.05, 4.69) is 29.7 Å². The van der Waals surface area contributed by atoms with Crippen molar-refractivity contribution < 1.29 is 10.2 Å². The maximum absolute atomic E-state index is 8.91. The first kappa shape index (κ1) is 14.2. The van der Waals surface area contributed by atoms with Crippen LogP contribution in [0.4, 0.5) is 0 Å². The normalized spacial score (nSPS) is 10.4. The van der Waals surface area contributed by atoms with Crippen LogP contribution in [-0.2, 0) is 6.54 Å². The van der Waals surface area contributed by atoms with E-state index in [1.807, 2.05) is 6.07 Å². The molecule has 0 saturated carbocycles. The van der Waals surface area contributed by atoms with Crippen LogP contribution in [0.2, 0.25) is 0 Å². The van der Waals surface area contributed by atoms with Crippen molar-refractivity contribution >= 4 is 11.3 Å². The van der Waals surface area contributed by atoms with E-state index in [0.717, 1.165) is 18.0 Å². The molecule has 1 aromatic heterocycles. The Bertz CT molecular complexity index is 378. The average Bonchev–Trinajstić information content (AvgIpc) is 2.77. The lowest BCUT2D eigenvalue weighted by molar-refractivity contribution is 0.198. The third-order valence-corrected chi connectivity index (χ3v) is 3.34. The maximum atomic E-state index is 8.91. The number of thiophene rings is 1. The second kappa shape index (κ2) is 8.26. The van der Waals surface area contributed by atoms with E-state index in [4.69, 9.17) is 10.2 Å². The van der Waals surface area contributed by atoms with E-state index in [9.17, 15) is 0 Å². The van der Waals surface area contributed by atoms with Crippen molar-refractivity contribution in [3.05, 3.63) is 21.9 Å². The molecular weight excluding hydrogens is 234 g/mol. The van der Waals surface area contributed by atoms with Gasteiger partial charge in [-0.15, -0.1) is 11.3 Å². The smallest absolute Gasteiger partial charge is 0.0771 e. The Kier molecular flexibility index (Phi) is 6.90. The molecule has 1 rings (SSSR count). The lowest BCUT2D eigenvalue weighted by Gasteiger charge is -2.17. The van der Waals surface area contributed by atoms with Crippen molar-refractivity contribution in [3.63, 3.8) is 0 Å². The maximum Gasteiger partial charge on any atom is 0.0771 e. The Hall–Kier alpha value is -0.860. The van der Waals surface area contributed by atoms with Gasteiger partial charge in [-0.2, -0.15) is 0 Å². The highest BCUT2D eigenvalue weighted by atomic mass is 32.1. The number of hydrogen-bond acceptors (Lipinski definition) is 4. The van der Waals surface area contributed by atoms with Gasteiger partial charge >= 0.3 is 0 Å². The Balaban J connectivity index is 2.53. The molecule has 0 aliphatic rings. The standard InChI is InChI=1S/C13H19NO2S/c1-2-14(8-10-16)11-13-7-6-12(17-13)5-3-4-9-15/h6-7,15-16H,2,4,8-11H2,1H3. The highest BCUT2D eigenvalue weighted by molar-refractivity contribution is 7.12. The Morgan fingerprint density at radius 1 is 1.29 bits per heavy atom. The number of aliphatic hydroxyl groups excluding tert-OH is 2. The Morgan fingerprint density at radius 3 is 2.76 bits per heavy atom. The van der Waals surface area contributed by atoms with E-state index in [0.29, 0.717) is 13.0 Å². The van der Waals surface area contributed by atoms with Crippen LogP contribution < -0.4 is 0 Å². The summed E-state index contributed by atoms with van der Waals surface area (Å²) in [6, 6.07) is 4.09. The van der Waals surface area contributed by atoms with E-state index in [-0.39, 0.29) is 13.2 Å². The molecule has 2 N–H and O–H groups in total. The molecule has 4 heteroatoms. The molecule has 0 aliphatic carbocycles. The average molecular weight is 253 g/mol. The van der Waals surface area contributed by atoms with Crippen molar-refractivity contribution in [2.45, 2.75) is 19.9 Å². The summed E-state index contributed by atoms with van der Waals surface area (Å²) >= 11 is 1.67. The van der Waals surface area contributed by atoms with Crippen molar-refractivity contribution in [3.8, 4) is 11.8 Å². The van der Waals surface area contributed by atoms with Gasteiger partial charge in [0.25, 0.3) is 0 Å². The first-order valence-electron chi connectivity index (χ1n) is 5.81. The van der Waals surface area contributed by atoms with E-state index < -0.39 is 0 Å². The zero-order chi connectivity index (χ0) is 12.5. The number of aliphatic hydroxyl groups is 2. The lowest BCUT2D eigenvalue weighted by Crippen LogP contribution is -2.25. The second-order valence-electron chi connectivity index (χ2n) is 3.63. The number of rotatable bonds is 6. The molecule has 0 fully saturated rings. The third-order valence-electron chi connectivity index (χ3n) is 2.35. The minimum Gasteiger partial charge on any atom is -0.395 e. The Labute approximate surface area is 107 Å². The molecule has 0 aromatic carbocycles. The fraction of sp³-hybridized carbons (Fsp3) is 0.538. The summed E-state index contributed by atoms with van der Waals surface area (Å²) in [6.45, 7) is 4.91. The zero-order valence-electron chi connectivity index (χ0n) is 10.1. The van der Waals surface area contributed by atoms with Gasteiger partial charge in [-0.1, -0.05) is 18.8 Å². The molecule has 0 atom stereocenters. The van der Waals surface area contributed by atoms with Gasteiger partial charge in [-0.25, -0.2) is 0 Å². The molecule has 0 spiro atoms. The number of hydrogen-bond donors (Lipinski definition) is 2. The molecular formula is C13H19NO2S. The molecule has 3 nitrogen and oxygen atoms in total. The molecule has 0 amide bonds. The summed E-state index contributed by atoms with van der Waals surface area (Å²) in [6.07, 6.45) is 0.527. The number of likely N-dealkylation sites (N-methyl/N-ethyl adjacent to an activating group) is 1. The van der Waals surface area contributed by atoms with E-state index >= 15 is 0 Å². The molecule has 0 bridgehead atoms. The lowest BCUT2D eigenvalue weighted by atomic mass is 10.3. The Morgan fingerprint density at radius 2 is 2.12 bits per heavy atom. The summed E-state index contributed by atoms with van der Waals surface area (Å²) in [7, 11) is 0. The van der Waals surface area contributed by atoms with Gasteiger partial charge in [-0.3, -0.25) is 4.90 Å². The van der Waals surface area contributed by atoms with Crippen LogP contribution in [-0.4, -0.2) is 41.4 Å². The van der Waals surface area contributed by atoms with Crippen molar-refractivity contribution in [2.75, 3.05) is 26.3 Å². The highest BCUT2D eigenvalue weighted by Gasteiger charge is 2.04. The van der Waals surface area contributed by atoms with Crippen molar-refractivity contribution in [2.24, 2.45) is 0 Å². The van der Waals surface area contributed by atoms with Crippen molar-refractivity contribution in [1.82, 2.24) is 4.90 Å². The summed E-state index contributed by atoms with van der Waals surface area (Å²) in [5, 5.41) is 17.5. The molecule has 0 radical (unpaired) electrons. The van der Waals surface area contributed by atoms with E-state index in [1.54, 1.807) is 11.3 Å². The molecule has 0 saturated heterocycles. The first-order chi connectivity index (χ1) is 8.30. The molecule has 94 valence electrons. The van der Waals surface area contributed by atoms with Crippen LogP contribution in [0.1, 0.15) is 23.1 Å². The largest absolute Gasteiger partial charge is 0.395 e. The predicted molar refractivity (Wildman–Crippen MR) is 70.9 cm³/mol. The monoisotopic (exact) mass is 253 g/mol. The van der Waals surface area contributed by atoms with Gasteiger partial charge in [0.15, 0.2) is 0 Å².